The van der Waals surface area contributed by atoms with Crippen molar-refractivity contribution in [3.63, 3.8) is 0 Å². The van der Waals surface area contributed by atoms with Gasteiger partial charge in [0.25, 0.3) is 0 Å². The highest BCUT2D eigenvalue weighted by molar-refractivity contribution is 5.78. The summed E-state index contributed by atoms with van der Waals surface area (Å²) in [5, 5.41) is 3.86. The molecule has 0 bridgehead atoms. The molecule has 1 aromatic heterocycles. The predicted molar refractivity (Wildman–Crippen MR) is 52.7 cm³/mol. The molecule has 1 atom stereocenters. The van der Waals surface area contributed by atoms with Gasteiger partial charge in [-0.2, -0.15) is 0 Å². The van der Waals surface area contributed by atoms with Gasteiger partial charge in [-0.25, -0.2) is 0 Å². The van der Waals surface area contributed by atoms with E-state index in [4.69, 9.17) is 4.84 Å². The number of hydrogen-bond acceptors (Lipinski definition) is 3. The molecule has 3 heteroatoms. The topological polar surface area (TPSA) is 34.5 Å². The molecule has 1 aromatic rings. The van der Waals surface area contributed by atoms with Gasteiger partial charge in [0.1, 0.15) is 6.10 Å². The van der Waals surface area contributed by atoms with E-state index in [-0.39, 0.29) is 6.10 Å². The van der Waals surface area contributed by atoms with Crippen molar-refractivity contribution < 1.29 is 4.84 Å². The molecule has 0 radical (unpaired) electrons. The highest BCUT2D eigenvalue weighted by atomic mass is 16.6. The van der Waals surface area contributed by atoms with Crippen LogP contribution in [0.25, 0.3) is 0 Å². The molecule has 1 unspecified atom stereocenters. The number of pyridine rings is 1. The maximum Gasteiger partial charge on any atom is 0.124 e. The molecule has 0 fully saturated rings. The van der Waals surface area contributed by atoms with E-state index in [0.29, 0.717) is 0 Å². The number of nitrogens with zero attached hydrogens (tertiary/aromatic N) is 2. The Hall–Kier alpha value is -1.38. The van der Waals surface area contributed by atoms with Gasteiger partial charge in [0.15, 0.2) is 0 Å². The summed E-state index contributed by atoms with van der Waals surface area (Å²) in [6, 6.07) is 3.76. The Morgan fingerprint density at radius 3 is 2.85 bits per heavy atom. The molecule has 1 heterocycles. The largest absolute Gasteiger partial charge is 0.393 e. The lowest BCUT2D eigenvalue weighted by atomic mass is 10.3. The quantitative estimate of drug-likeness (QED) is 0.523. The first-order chi connectivity index (χ1) is 6.33. The van der Waals surface area contributed by atoms with Crippen molar-refractivity contribution in [1.82, 2.24) is 4.98 Å². The third kappa shape index (κ3) is 3.69. The molecule has 1 rings (SSSR count). The van der Waals surface area contributed by atoms with Gasteiger partial charge in [-0.05, 0) is 31.0 Å². The van der Waals surface area contributed by atoms with Crippen molar-refractivity contribution >= 4 is 6.21 Å². The van der Waals surface area contributed by atoms with E-state index in [0.717, 1.165) is 12.0 Å². The van der Waals surface area contributed by atoms with Gasteiger partial charge in [-0.15, -0.1) is 0 Å². The van der Waals surface area contributed by atoms with Gasteiger partial charge in [0.2, 0.25) is 0 Å². The lowest BCUT2D eigenvalue weighted by Crippen LogP contribution is -2.01. The van der Waals surface area contributed by atoms with Crippen LogP contribution in [0, 0.1) is 0 Å². The Labute approximate surface area is 78.4 Å². The lowest BCUT2D eigenvalue weighted by Gasteiger charge is -2.04. The van der Waals surface area contributed by atoms with Crippen molar-refractivity contribution in [3.05, 3.63) is 30.1 Å². The molecule has 0 amide bonds. The minimum Gasteiger partial charge on any atom is -0.393 e. The Balaban J connectivity index is 2.41. The van der Waals surface area contributed by atoms with Crippen LogP contribution in [0.1, 0.15) is 25.8 Å². The summed E-state index contributed by atoms with van der Waals surface area (Å²) in [7, 11) is 0. The van der Waals surface area contributed by atoms with E-state index < -0.39 is 0 Å². The molecule has 0 spiro atoms. The third-order valence-electron chi connectivity index (χ3n) is 1.72. The molecule has 3 nitrogen and oxygen atoms in total. The Kier molecular flexibility index (Phi) is 3.96. The standard InChI is InChI=1S/C10H14N2O/c1-3-9(2)13-12-8-10-4-6-11-7-5-10/h4-9H,3H2,1-2H3/b12-8+. The van der Waals surface area contributed by atoms with Crippen LogP contribution in [0.2, 0.25) is 0 Å². The van der Waals surface area contributed by atoms with Crippen molar-refractivity contribution in [2.75, 3.05) is 0 Å². The van der Waals surface area contributed by atoms with Gasteiger partial charge < -0.3 is 4.84 Å². The second-order valence-corrected chi connectivity index (χ2v) is 2.84. The average Bonchev–Trinajstić information content (AvgIpc) is 2.19. The van der Waals surface area contributed by atoms with Gasteiger partial charge >= 0.3 is 0 Å². The Morgan fingerprint density at radius 2 is 2.23 bits per heavy atom. The second kappa shape index (κ2) is 5.30. The van der Waals surface area contributed by atoms with Crippen LogP contribution < -0.4 is 0 Å². The van der Waals surface area contributed by atoms with E-state index in [1.807, 2.05) is 19.1 Å². The minimum absolute atomic E-state index is 0.179. The van der Waals surface area contributed by atoms with Crippen LogP contribution in [0.4, 0.5) is 0 Å². The van der Waals surface area contributed by atoms with E-state index in [9.17, 15) is 0 Å². The van der Waals surface area contributed by atoms with Crippen molar-refractivity contribution in [2.45, 2.75) is 26.4 Å². The van der Waals surface area contributed by atoms with Crippen molar-refractivity contribution in [1.29, 1.82) is 0 Å². The smallest absolute Gasteiger partial charge is 0.124 e. The molecular weight excluding hydrogens is 164 g/mol. The van der Waals surface area contributed by atoms with Crippen LogP contribution in [0.15, 0.2) is 29.7 Å². The number of aromatic nitrogens is 1. The van der Waals surface area contributed by atoms with Crippen LogP contribution in [0.5, 0.6) is 0 Å². The molecule has 0 saturated heterocycles. The fraction of sp³-hybridized carbons (Fsp3) is 0.400. The summed E-state index contributed by atoms with van der Waals surface area (Å²) < 4.78 is 0. The molecule has 0 aliphatic rings. The predicted octanol–water partition coefficient (Wildman–Crippen LogP) is 2.23. The SMILES string of the molecule is CCC(C)O/N=C/c1ccncc1. The van der Waals surface area contributed by atoms with E-state index in [2.05, 4.69) is 17.1 Å². The summed E-state index contributed by atoms with van der Waals surface area (Å²) >= 11 is 0. The zero-order valence-corrected chi connectivity index (χ0v) is 7.97. The van der Waals surface area contributed by atoms with Crippen molar-refractivity contribution in [2.24, 2.45) is 5.16 Å². The Morgan fingerprint density at radius 1 is 1.54 bits per heavy atom. The maximum atomic E-state index is 5.14. The summed E-state index contributed by atoms with van der Waals surface area (Å²) in [6.45, 7) is 4.05. The molecule has 0 aliphatic heterocycles. The van der Waals surface area contributed by atoms with Crippen LogP contribution in [-0.2, 0) is 4.84 Å². The number of hydrogen-bond donors (Lipinski definition) is 0. The zero-order chi connectivity index (χ0) is 9.52. The van der Waals surface area contributed by atoms with Gasteiger partial charge in [-0.3, -0.25) is 4.98 Å². The van der Waals surface area contributed by atoms with Gasteiger partial charge in [-0.1, -0.05) is 12.1 Å². The molecule has 0 saturated carbocycles. The van der Waals surface area contributed by atoms with Crippen molar-refractivity contribution in [3.8, 4) is 0 Å². The average molecular weight is 178 g/mol. The molecule has 0 aromatic carbocycles. The summed E-state index contributed by atoms with van der Waals surface area (Å²) in [6.07, 6.45) is 6.29. The fourth-order valence-electron chi connectivity index (χ4n) is 0.719. The molecule has 0 N–H and O–H groups in total. The third-order valence-corrected chi connectivity index (χ3v) is 1.72. The van der Waals surface area contributed by atoms with Crippen LogP contribution in [-0.4, -0.2) is 17.3 Å². The van der Waals surface area contributed by atoms with Gasteiger partial charge in [0, 0.05) is 12.4 Å². The molecule has 13 heavy (non-hydrogen) atoms. The molecular formula is C10H14N2O. The maximum absolute atomic E-state index is 5.14. The first-order valence-corrected chi connectivity index (χ1v) is 4.42. The molecule has 0 aliphatic carbocycles. The minimum atomic E-state index is 0.179. The monoisotopic (exact) mass is 178 g/mol. The van der Waals surface area contributed by atoms with E-state index in [1.165, 1.54) is 0 Å². The van der Waals surface area contributed by atoms with Crippen LogP contribution >= 0.6 is 0 Å². The summed E-state index contributed by atoms with van der Waals surface area (Å²) in [5.74, 6) is 0. The van der Waals surface area contributed by atoms with E-state index >= 15 is 0 Å². The summed E-state index contributed by atoms with van der Waals surface area (Å²) in [4.78, 5) is 9.05. The zero-order valence-electron chi connectivity index (χ0n) is 7.97. The normalized spacial score (nSPS) is 13.1. The molecule has 70 valence electrons. The highest BCUT2D eigenvalue weighted by Crippen LogP contribution is 1.97. The lowest BCUT2D eigenvalue weighted by molar-refractivity contribution is 0.0712. The highest BCUT2D eigenvalue weighted by Gasteiger charge is 1.94. The first-order valence-electron chi connectivity index (χ1n) is 4.42. The fourth-order valence-corrected chi connectivity index (χ4v) is 0.719. The first kappa shape index (κ1) is 9.71. The van der Waals surface area contributed by atoms with Crippen LogP contribution in [0.3, 0.4) is 0 Å². The number of rotatable bonds is 4. The van der Waals surface area contributed by atoms with Gasteiger partial charge in [0.05, 0.1) is 6.21 Å². The summed E-state index contributed by atoms with van der Waals surface area (Å²) in [5.41, 5.74) is 0.998. The number of oxime groups is 1. The second-order valence-electron chi connectivity index (χ2n) is 2.84. The Bertz CT molecular complexity index is 259. The van der Waals surface area contributed by atoms with E-state index in [1.54, 1.807) is 18.6 Å².